The molecular weight excluding hydrogens is 971 g/mol. The van der Waals surface area contributed by atoms with Crippen molar-refractivity contribution >= 4 is 40.2 Å². The van der Waals surface area contributed by atoms with Gasteiger partial charge >= 0.3 is 0 Å². The van der Waals surface area contributed by atoms with Crippen LogP contribution in [0.1, 0.15) is 236 Å². The van der Waals surface area contributed by atoms with Crippen LogP contribution in [0.4, 0.5) is 5.69 Å². The summed E-state index contributed by atoms with van der Waals surface area (Å²) in [6.07, 6.45) is 18.4. The van der Waals surface area contributed by atoms with Crippen LogP contribution in [0.2, 0.25) is 0 Å². The first-order valence-corrected chi connectivity index (χ1v) is 29.7. The van der Waals surface area contributed by atoms with Crippen molar-refractivity contribution in [3.05, 3.63) is 178 Å². The highest BCUT2D eigenvalue weighted by atomic mass is 16.2. The second-order valence-corrected chi connectivity index (χ2v) is 31.8. The molecule has 4 nitrogen and oxygen atoms in total. The van der Waals surface area contributed by atoms with Gasteiger partial charge in [0.25, 0.3) is 0 Å². The van der Waals surface area contributed by atoms with Gasteiger partial charge in [0.1, 0.15) is 0 Å². The van der Waals surface area contributed by atoms with Crippen LogP contribution in [0, 0.1) is 27.6 Å². The van der Waals surface area contributed by atoms with Crippen LogP contribution in [-0.2, 0) is 26.5 Å². The fourth-order valence-corrected chi connectivity index (χ4v) is 10.0. The Morgan fingerprint density at radius 2 is 1.14 bits per heavy atom. The van der Waals surface area contributed by atoms with Crippen molar-refractivity contribution in [2.45, 2.75) is 207 Å². The number of carbonyl (C=O) groups excluding carboxylic acids is 1. The van der Waals surface area contributed by atoms with Crippen molar-refractivity contribution in [1.82, 2.24) is 4.98 Å². The molecule has 428 valence electrons. The van der Waals surface area contributed by atoms with Crippen LogP contribution in [0.25, 0.3) is 34.0 Å². The van der Waals surface area contributed by atoms with Gasteiger partial charge in [0, 0.05) is 29.8 Å². The molecule has 1 aliphatic carbocycles. The van der Waals surface area contributed by atoms with Crippen LogP contribution in [0.5, 0.6) is 0 Å². The minimum Gasteiger partial charge on any atom is -0.312 e. The largest absolute Gasteiger partial charge is 0.312 e. The molecule has 1 unspecified atom stereocenters. The van der Waals surface area contributed by atoms with Gasteiger partial charge in [0.05, 0.1) is 22.8 Å². The quantitative estimate of drug-likeness (QED) is 0.111. The highest BCUT2D eigenvalue weighted by molar-refractivity contribution is 6.13. The maximum absolute atomic E-state index is 13.8. The molecule has 2 aliphatic rings. The summed E-state index contributed by atoms with van der Waals surface area (Å²) in [4.78, 5) is 26.9. The monoisotopic (exact) mass is 1070 g/mol. The van der Waals surface area contributed by atoms with E-state index in [4.69, 9.17) is 23.1 Å². The standard InChI is InChI=1S/C76H103N3O/c1-49(34-57(70(6,7)8)31-32-69(3,4)5)66-44-54(45-67(78-66)56-41-62(75(21,22)23)48-63(42-56)76(24,25)26)53-35-51(36-64(43-53)79-33-27-28-68(79)80)29-30-65(55-39-60(73(15,16)17)47-61(40-55)74(18,19)20)77-50(2)52-37-58(71(9,10)11)46-59(38-52)72(12,13)14/h29-32,34-47,62H,1-2,27-28,33,48H2,3-26H3/b30-29+,32-31+,57-34+,77-65?. The lowest BCUT2D eigenvalue weighted by Crippen LogP contribution is -2.25. The minimum atomic E-state index is -0.137. The maximum atomic E-state index is 13.8. The lowest BCUT2D eigenvalue weighted by molar-refractivity contribution is -0.117. The average molecular weight is 1070 g/mol. The van der Waals surface area contributed by atoms with Gasteiger partial charge in [-0.1, -0.05) is 227 Å². The van der Waals surface area contributed by atoms with Gasteiger partial charge in [0.15, 0.2) is 0 Å². The number of aliphatic imine (C=N–C) groups is 1. The van der Waals surface area contributed by atoms with E-state index in [1.54, 1.807) is 0 Å². The normalized spacial score (nSPS) is 17.0. The SMILES string of the molecule is C=C(N=C(/C=C/c1cc(-c2cc(C(=C)/C=C(\C=C\C(C)(C)C)C(C)(C)C)nc(C3=CC(C(C)(C)C)CC(C(C)(C)C)=C3)c2)cc(N2CCCC2=O)c1)c1cc(C(C)(C)C)cc(C(C)(C)C)c1)c1cc(C(C)(C)C)cc(C(C)(C)C)c1. The van der Waals surface area contributed by atoms with E-state index >= 15 is 0 Å². The number of allylic oxidation sites excluding steroid dienone is 10. The number of anilines is 1. The fraction of sp³-hybridized carbons (Fsp3) is 0.487. The molecule has 1 atom stereocenters. The number of benzene rings is 3. The molecule has 3 aromatic carbocycles. The first-order chi connectivity index (χ1) is 36.4. The Morgan fingerprint density at radius 1 is 0.613 bits per heavy atom. The van der Waals surface area contributed by atoms with E-state index in [1.807, 2.05) is 4.90 Å². The number of carbonyl (C=O) groups is 1. The van der Waals surface area contributed by atoms with Crippen molar-refractivity contribution in [3.63, 3.8) is 0 Å². The van der Waals surface area contributed by atoms with E-state index in [-0.39, 0.29) is 49.2 Å². The average Bonchev–Trinajstić information content (AvgIpc) is 3.76. The van der Waals surface area contributed by atoms with Crippen LogP contribution < -0.4 is 4.90 Å². The Labute approximate surface area is 487 Å². The first kappa shape index (κ1) is 63.3. The van der Waals surface area contributed by atoms with Crippen molar-refractivity contribution in [3.8, 4) is 11.1 Å². The Balaban J connectivity index is 1.67. The summed E-state index contributed by atoms with van der Waals surface area (Å²) in [5.74, 6) is 0.466. The number of rotatable bonds is 11. The zero-order valence-corrected chi connectivity index (χ0v) is 54.5. The number of hydrogen-bond donors (Lipinski definition) is 0. The minimum absolute atomic E-state index is 0.0136. The fourth-order valence-electron chi connectivity index (χ4n) is 10.0. The van der Waals surface area contributed by atoms with Crippen LogP contribution in [0.3, 0.4) is 0 Å². The molecule has 80 heavy (non-hydrogen) atoms. The molecule has 0 bridgehead atoms. The summed E-state index contributed by atoms with van der Waals surface area (Å²) in [5, 5.41) is 0. The summed E-state index contributed by atoms with van der Waals surface area (Å²) in [7, 11) is 0. The van der Waals surface area contributed by atoms with Crippen molar-refractivity contribution in [2.75, 3.05) is 11.4 Å². The van der Waals surface area contributed by atoms with E-state index in [2.05, 4.69) is 275 Å². The van der Waals surface area contributed by atoms with Crippen LogP contribution >= 0.6 is 0 Å². The summed E-state index contributed by atoms with van der Waals surface area (Å²) in [6.45, 7) is 65.0. The summed E-state index contributed by atoms with van der Waals surface area (Å²) >= 11 is 0. The zero-order valence-electron chi connectivity index (χ0n) is 54.5. The Bertz CT molecular complexity index is 3140. The second-order valence-electron chi connectivity index (χ2n) is 31.8. The number of aromatic nitrogens is 1. The third kappa shape index (κ3) is 16.4. The molecule has 1 saturated heterocycles. The van der Waals surface area contributed by atoms with Gasteiger partial charge in [-0.3, -0.25) is 4.79 Å². The van der Waals surface area contributed by atoms with Gasteiger partial charge in [-0.2, -0.15) is 0 Å². The molecule has 6 rings (SSSR count). The molecule has 4 heteroatoms. The number of nitrogens with zero attached hydrogens (tertiary/aromatic N) is 3. The van der Waals surface area contributed by atoms with Crippen molar-refractivity contribution in [2.24, 2.45) is 32.6 Å². The summed E-state index contributed by atoms with van der Waals surface area (Å²) in [6, 6.07) is 25.0. The third-order valence-electron chi connectivity index (χ3n) is 15.9. The lowest BCUT2D eigenvalue weighted by Gasteiger charge is -2.36. The Morgan fingerprint density at radius 3 is 1.60 bits per heavy atom. The van der Waals surface area contributed by atoms with E-state index in [0.717, 1.165) is 74.6 Å². The molecule has 1 aliphatic heterocycles. The summed E-state index contributed by atoms with van der Waals surface area (Å²) < 4.78 is 0. The maximum Gasteiger partial charge on any atom is 0.227 e. The topological polar surface area (TPSA) is 45.6 Å². The molecule has 0 spiro atoms. The molecule has 1 amide bonds. The van der Waals surface area contributed by atoms with E-state index in [0.29, 0.717) is 24.6 Å². The Hall–Kier alpha value is -5.87. The second kappa shape index (κ2) is 22.8. The molecule has 0 saturated carbocycles. The molecule has 2 heterocycles. The van der Waals surface area contributed by atoms with Gasteiger partial charge in [0.2, 0.25) is 5.91 Å². The molecule has 1 aromatic heterocycles. The van der Waals surface area contributed by atoms with Gasteiger partial charge in [-0.25, -0.2) is 9.98 Å². The Kier molecular flexibility index (Phi) is 18.1. The predicted molar refractivity (Wildman–Crippen MR) is 352 cm³/mol. The highest BCUT2D eigenvalue weighted by Crippen LogP contribution is 2.45. The molecule has 1 fully saturated rings. The predicted octanol–water partition coefficient (Wildman–Crippen LogP) is 21.2. The van der Waals surface area contributed by atoms with E-state index < -0.39 is 0 Å². The van der Waals surface area contributed by atoms with Gasteiger partial charge in [-0.05, 0) is 184 Å². The van der Waals surface area contributed by atoms with E-state index in [1.165, 1.54) is 33.4 Å². The molecular formula is C76H103N3O. The summed E-state index contributed by atoms with van der Waals surface area (Å²) in [5.41, 5.74) is 18.3. The first-order valence-electron chi connectivity index (χ1n) is 29.7. The van der Waals surface area contributed by atoms with E-state index in [9.17, 15) is 4.79 Å². The number of pyridine rings is 1. The van der Waals surface area contributed by atoms with Crippen LogP contribution in [0.15, 0.2) is 132 Å². The van der Waals surface area contributed by atoms with Crippen LogP contribution in [-0.4, -0.2) is 23.1 Å². The smallest absolute Gasteiger partial charge is 0.227 e. The van der Waals surface area contributed by atoms with Gasteiger partial charge in [-0.15, -0.1) is 0 Å². The zero-order chi connectivity index (χ0) is 60.1. The number of hydrogen-bond acceptors (Lipinski definition) is 3. The lowest BCUT2D eigenvalue weighted by atomic mass is 9.69. The highest BCUT2D eigenvalue weighted by Gasteiger charge is 2.32. The van der Waals surface area contributed by atoms with Gasteiger partial charge < -0.3 is 4.90 Å². The number of amides is 1. The molecule has 4 aromatic rings. The third-order valence-corrected chi connectivity index (χ3v) is 15.9. The van der Waals surface area contributed by atoms with Crippen molar-refractivity contribution < 1.29 is 4.79 Å². The van der Waals surface area contributed by atoms with Crippen molar-refractivity contribution in [1.29, 1.82) is 0 Å². The molecule has 0 N–H and O–H groups in total. The molecule has 0 radical (unpaired) electrons.